The lowest BCUT2D eigenvalue weighted by atomic mass is 10.2. The number of halogens is 1. The number of rotatable bonds is 4. The largest absolute Gasteiger partial charge is 0.328 e. The van der Waals surface area contributed by atoms with E-state index in [1.807, 2.05) is 72.4 Å². The van der Waals surface area contributed by atoms with E-state index in [9.17, 15) is 10.1 Å². The molecule has 0 aromatic heterocycles. The van der Waals surface area contributed by atoms with Gasteiger partial charge in [-0.25, -0.2) is 0 Å². The van der Waals surface area contributed by atoms with Gasteiger partial charge in [-0.05, 0) is 40.2 Å². The second-order valence-corrected chi connectivity index (χ2v) is 7.43. The molecule has 0 spiro atoms. The lowest BCUT2D eigenvalue weighted by molar-refractivity contribution is -0.112. The number of ketones is 1. The standard InChI is InChI=1S/C19H16BrN3OS/c1-22-15-8-4-5-9-16(15)23(2)19(22)13(11-21)17(24)12-25-18-10-6-3-7-14(18)20/h3-10H,12H2,1-2H3. The zero-order valence-corrected chi connectivity index (χ0v) is 16.3. The van der Waals surface area contributed by atoms with Gasteiger partial charge >= 0.3 is 0 Å². The number of hydrogen-bond donors (Lipinski definition) is 0. The van der Waals surface area contributed by atoms with Crippen LogP contribution in [-0.2, 0) is 4.79 Å². The Hall–Kier alpha value is -2.23. The van der Waals surface area contributed by atoms with Crippen LogP contribution in [0, 0.1) is 11.3 Å². The molecule has 0 amide bonds. The number of nitrogens with zero attached hydrogens (tertiary/aromatic N) is 3. The normalized spacial score (nSPS) is 12.8. The Kier molecular flexibility index (Phi) is 5.16. The van der Waals surface area contributed by atoms with Crippen LogP contribution in [0.3, 0.4) is 0 Å². The Morgan fingerprint density at radius 3 is 2.20 bits per heavy atom. The van der Waals surface area contributed by atoms with Gasteiger partial charge in [0.05, 0.1) is 17.1 Å². The van der Waals surface area contributed by atoms with Gasteiger partial charge in [0.25, 0.3) is 0 Å². The zero-order valence-electron chi connectivity index (χ0n) is 13.9. The Bertz CT molecular complexity index is 873. The minimum absolute atomic E-state index is 0.176. The fourth-order valence-electron chi connectivity index (χ4n) is 2.83. The van der Waals surface area contributed by atoms with Crippen LogP contribution in [0.5, 0.6) is 0 Å². The van der Waals surface area contributed by atoms with Gasteiger partial charge < -0.3 is 9.80 Å². The SMILES string of the molecule is CN1C(=C(C#N)C(=O)CSc2ccccc2Br)N(C)c2ccccc21. The highest BCUT2D eigenvalue weighted by molar-refractivity contribution is 9.10. The molecule has 0 atom stereocenters. The van der Waals surface area contributed by atoms with E-state index in [-0.39, 0.29) is 17.1 Å². The Balaban J connectivity index is 1.87. The molecule has 1 heterocycles. The van der Waals surface area contributed by atoms with Gasteiger partial charge in [0.2, 0.25) is 0 Å². The summed E-state index contributed by atoms with van der Waals surface area (Å²) in [4.78, 5) is 17.5. The molecular formula is C19H16BrN3OS. The predicted octanol–water partition coefficient (Wildman–Crippen LogP) is 4.43. The number of carbonyl (C=O) groups excluding carboxylic acids is 1. The second kappa shape index (κ2) is 7.34. The van der Waals surface area contributed by atoms with Gasteiger partial charge in [0.1, 0.15) is 17.5 Å². The average molecular weight is 414 g/mol. The van der Waals surface area contributed by atoms with E-state index in [0.717, 1.165) is 20.7 Å². The molecule has 0 aliphatic carbocycles. The van der Waals surface area contributed by atoms with Crippen LogP contribution in [0.2, 0.25) is 0 Å². The molecule has 0 saturated heterocycles. The van der Waals surface area contributed by atoms with Crippen LogP contribution in [0.25, 0.3) is 0 Å². The van der Waals surface area contributed by atoms with Crippen molar-refractivity contribution in [1.29, 1.82) is 5.26 Å². The number of allylic oxidation sites excluding steroid dienone is 1. The summed E-state index contributed by atoms with van der Waals surface area (Å²) >= 11 is 4.90. The molecule has 0 radical (unpaired) electrons. The van der Waals surface area contributed by atoms with E-state index in [4.69, 9.17) is 0 Å². The Morgan fingerprint density at radius 2 is 1.64 bits per heavy atom. The number of benzene rings is 2. The molecule has 25 heavy (non-hydrogen) atoms. The van der Waals surface area contributed by atoms with Gasteiger partial charge in [-0.3, -0.25) is 4.79 Å². The second-order valence-electron chi connectivity index (χ2n) is 5.56. The summed E-state index contributed by atoms with van der Waals surface area (Å²) in [6, 6.07) is 17.7. The van der Waals surface area contributed by atoms with Crippen molar-refractivity contribution in [2.75, 3.05) is 29.6 Å². The fraction of sp³-hybridized carbons (Fsp3) is 0.158. The first-order chi connectivity index (χ1) is 12.0. The van der Waals surface area contributed by atoms with Crippen LogP contribution in [-0.4, -0.2) is 25.6 Å². The van der Waals surface area contributed by atoms with Crippen molar-refractivity contribution in [3.8, 4) is 6.07 Å². The van der Waals surface area contributed by atoms with E-state index in [1.165, 1.54) is 11.8 Å². The molecule has 2 aromatic carbocycles. The van der Waals surface area contributed by atoms with Crippen LogP contribution in [0.15, 0.2) is 69.3 Å². The molecule has 0 N–H and O–H groups in total. The summed E-state index contributed by atoms with van der Waals surface area (Å²) in [7, 11) is 3.76. The smallest absolute Gasteiger partial charge is 0.187 e. The maximum absolute atomic E-state index is 12.7. The number of Topliss-reactive ketones (excluding diaryl/α,β-unsaturated/α-hetero) is 1. The van der Waals surface area contributed by atoms with E-state index < -0.39 is 0 Å². The molecule has 6 heteroatoms. The minimum atomic E-state index is -0.176. The summed E-state index contributed by atoms with van der Waals surface area (Å²) in [5.41, 5.74) is 2.15. The van der Waals surface area contributed by atoms with E-state index >= 15 is 0 Å². The maximum Gasteiger partial charge on any atom is 0.187 e. The highest BCUT2D eigenvalue weighted by Gasteiger charge is 2.31. The van der Waals surface area contributed by atoms with Crippen molar-refractivity contribution in [2.45, 2.75) is 4.90 Å². The van der Waals surface area contributed by atoms with E-state index in [1.54, 1.807) is 0 Å². The molecule has 0 fully saturated rings. The van der Waals surface area contributed by atoms with Gasteiger partial charge in [0.15, 0.2) is 5.78 Å². The molecule has 1 aliphatic heterocycles. The molecule has 0 unspecified atom stereocenters. The first-order valence-electron chi connectivity index (χ1n) is 7.66. The third-order valence-corrected chi connectivity index (χ3v) is 6.08. The average Bonchev–Trinajstić information content (AvgIpc) is 2.87. The monoisotopic (exact) mass is 413 g/mol. The summed E-state index contributed by atoms with van der Waals surface area (Å²) in [6.45, 7) is 0. The van der Waals surface area contributed by atoms with Crippen LogP contribution < -0.4 is 9.80 Å². The van der Waals surface area contributed by atoms with Crippen LogP contribution in [0.4, 0.5) is 11.4 Å². The van der Waals surface area contributed by atoms with Crippen LogP contribution >= 0.6 is 27.7 Å². The number of carbonyl (C=O) groups is 1. The Morgan fingerprint density at radius 1 is 1.08 bits per heavy atom. The molecule has 126 valence electrons. The summed E-state index contributed by atoms with van der Waals surface area (Å²) in [5.74, 6) is 0.665. The number of fused-ring (bicyclic) bond motifs is 1. The van der Waals surface area contributed by atoms with Gasteiger partial charge in [0, 0.05) is 23.5 Å². The van der Waals surface area contributed by atoms with Crippen molar-refractivity contribution in [2.24, 2.45) is 0 Å². The molecule has 1 aliphatic rings. The lowest BCUT2D eigenvalue weighted by Crippen LogP contribution is -2.26. The summed E-state index contributed by atoms with van der Waals surface area (Å²) in [6.07, 6.45) is 0. The fourth-order valence-corrected chi connectivity index (χ4v) is 4.27. The van der Waals surface area contributed by atoms with Crippen molar-refractivity contribution < 1.29 is 4.79 Å². The van der Waals surface area contributed by atoms with Gasteiger partial charge in [-0.15, -0.1) is 11.8 Å². The zero-order chi connectivity index (χ0) is 18.0. The first kappa shape index (κ1) is 17.6. The van der Waals surface area contributed by atoms with Gasteiger partial charge in [-0.1, -0.05) is 24.3 Å². The van der Waals surface area contributed by atoms with Crippen molar-refractivity contribution in [1.82, 2.24) is 0 Å². The predicted molar refractivity (Wildman–Crippen MR) is 106 cm³/mol. The number of para-hydroxylation sites is 2. The number of thioether (sulfide) groups is 1. The minimum Gasteiger partial charge on any atom is -0.328 e. The number of nitriles is 1. The van der Waals surface area contributed by atoms with E-state index in [0.29, 0.717) is 5.82 Å². The topological polar surface area (TPSA) is 47.3 Å². The maximum atomic E-state index is 12.7. The number of hydrogen-bond acceptors (Lipinski definition) is 5. The van der Waals surface area contributed by atoms with Crippen molar-refractivity contribution >= 4 is 44.8 Å². The summed E-state index contributed by atoms with van der Waals surface area (Å²) < 4.78 is 0.946. The van der Waals surface area contributed by atoms with Gasteiger partial charge in [-0.2, -0.15) is 5.26 Å². The van der Waals surface area contributed by atoms with Crippen molar-refractivity contribution in [3.05, 3.63) is 64.4 Å². The quantitative estimate of drug-likeness (QED) is 0.421. The molecule has 3 rings (SSSR count). The van der Waals surface area contributed by atoms with E-state index in [2.05, 4.69) is 22.0 Å². The highest BCUT2D eigenvalue weighted by atomic mass is 79.9. The third-order valence-electron chi connectivity index (χ3n) is 4.05. The third kappa shape index (κ3) is 3.30. The van der Waals surface area contributed by atoms with Crippen molar-refractivity contribution in [3.63, 3.8) is 0 Å². The highest BCUT2D eigenvalue weighted by Crippen LogP contribution is 2.40. The molecule has 2 aromatic rings. The molecular weight excluding hydrogens is 398 g/mol. The molecule has 4 nitrogen and oxygen atoms in total. The lowest BCUT2D eigenvalue weighted by Gasteiger charge is -2.19. The molecule has 0 bridgehead atoms. The summed E-state index contributed by atoms with van der Waals surface area (Å²) in [5, 5.41) is 9.62. The first-order valence-corrected chi connectivity index (χ1v) is 9.44. The van der Waals surface area contributed by atoms with Crippen LogP contribution in [0.1, 0.15) is 0 Å². The number of anilines is 2. The molecule has 0 saturated carbocycles. The Labute approximate surface area is 159 Å².